The Labute approximate surface area is 182 Å². The van der Waals surface area contributed by atoms with Gasteiger partial charge in [0.25, 0.3) is 11.5 Å². The number of nitrogens with one attached hydrogen (secondary N) is 2. The standard InChI is InChI=1S/C13H11F6NO2.C5H6N2O2.CH4O/c14-12(15,16)9-5-8(6-10(7-9)13(17,18)19)11(21)20-1-3-22-4-2-20;1-3-2-6-5(9)7-4(3)8;1-2/h5-7H,1-4H2;2H,1H3,(H2,6,7,8,9);2H,1H3. The number of hydrogen-bond acceptors (Lipinski definition) is 5. The van der Waals surface area contributed by atoms with Crippen LogP contribution < -0.4 is 11.2 Å². The molecule has 1 saturated heterocycles. The van der Waals surface area contributed by atoms with Gasteiger partial charge in [0.2, 0.25) is 0 Å². The molecule has 0 radical (unpaired) electrons. The van der Waals surface area contributed by atoms with Crippen LogP contribution in [0, 0.1) is 6.92 Å². The van der Waals surface area contributed by atoms with E-state index in [4.69, 9.17) is 9.84 Å². The second kappa shape index (κ2) is 11.7. The van der Waals surface area contributed by atoms with Crippen molar-refractivity contribution in [1.29, 1.82) is 0 Å². The number of aliphatic hydroxyl groups is 1. The van der Waals surface area contributed by atoms with Crippen LogP contribution in [-0.2, 0) is 17.1 Å². The lowest BCUT2D eigenvalue weighted by atomic mass is 10.0. The molecule has 14 heteroatoms. The van der Waals surface area contributed by atoms with Gasteiger partial charge in [-0.05, 0) is 25.1 Å². The predicted octanol–water partition coefficient (Wildman–Crippen LogP) is 2.18. The maximum absolute atomic E-state index is 12.7. The molecule has 0 aliphatic carbocycles. The Morgan fingerprint density at radius 2 is 1.45 bits per heavy atom. The number of morpholine rings is 1. The third kappa shape index (κ3) is 8.38. The Morgan fingerprint density at radius 1 is 0.970 bits per heavy atom. The first kappa shape index (κ1) is 27.9. The van der Waals surface area contributed by atoms with Gasteiger partial charge in [0, 0.05) is 37.5 Å². The second-order valence-corrected chi connectivity index (χ2v) is 6.45. The Kier molecular flexibility index (Phi) is 9.85. The number of carbonyl (C=O) groups is 1. The summed E-state index contributed by atoms with van der Waals surface area (Å²) in [6.07, 6.45) is -8.57. The van der Waals surface area contributed by atoms with E-state index in [-0.39, 0.29) is 37.9 Å². The fourth-order valence-corrected chi connectivity index (χ4v) is 2.50. The van der Waals surface area contributed by atoms with Gasteiger partial charge in [-0.25, -0.2) is 4.79 Å². The fourth-order valence-electron chi connectivity index (χ4n) is 2.50. The lowest BCUT2D eigenvalue weighted by Crippen LogP contribution is -2.40. The van der Waals surface area contributed by atoms with Crippen molar-refractivity contribution in [1.82, 2.24) is 14.9 Å². The van der Waals surface area contributed by atoms with E-state index in [1.165, 1.54) is 11.1 Å². The van der Waals surface area contributed by atoms with Crippen molar-refractivity contribution < 1.29 is 41.0 Å². The van der Waals surface area contributed by atoms with Crippen LogP contribution in [0.15, 0.2) is 34.0 Å². The summed E-state index contributed by atoms with van der Waals surface area (Å²) in [5, 5.41) is 7.00. The predicted molar refractivity (Wildman–Crippen MR) is 104 cm³/mol. The summed E-state index contributed by atoms with van der Waals surface area (Å²) in [5.41, 5.74) is -3.93. The molecule has 1 fully saturated rings. The third-order valence-electron chi connectivity index (χ3n) is 4.14. The van der Waals surface area contributed by atoms with E-state index in [1.807, 2.05) is 0 Å². The molecule has 3 N–H and O–H groups in total. The monoisotopic (exact) mass is 485 g/mol. The van der Waals surface area contributed by atoms with E-state index in [0.717, 1.165) is 7.11 Å². The molecule has 1 aliphatic heterocycles. The number of aromatic nitrogens is 2. The Morgan fingerprint density at radius 3 is 1.85 bits per heavy atom. The van der Waals surface area contributed by atoms with Gasteiger partial charge in [-0.3, -0.25) is 14.6 Å². The number of carbonyl (C=O) groups excluding carboxylic acids is 1. The molecular formula is C19H21F6N3O5. The van der Waals surface area contributed by atoms with Crippen LogP contribution >= 0.6 is 0 Å². The summed E-state index contributed by atoms with van der Waals surface area (Å²) in [6.45, 7) is 2.25. The van der Waals surface area contributed by atoms with E-state index in [0.29, 0.717) is 17.7 Å². The first-order valence-electron chi connectivity index (χ1n) is 9.19. The van der Waals surface area contributed by atoms with E-state index in [1.54, 1.807) is 6.92 Å². The van der Waals surface area contributed by atoms with Crippen LogP contribution in [-0.4, -0.2) is 59.3 Å². The van der Waals surface area contributed by atoms with Crippen LogP contribution in [0.25, 0.3) is 0 Å². The number of H-pyrrole nitrogens is 2. The lowest BCUT2D eigenvalue weighted by Gasteiger charge is -2.27. The van der Waals surface area contributed by atoms with Gasteiger partial charge in [-0.2, -0.15) is 26.3 Å². The summed E-state index contributed by atoms with van der Waals surface area (Å²) < 4.78 is 81.4. The first-order valence-corrected chi connectivity index (χ1v) is 9.19. The van der Waals surface area contributed by atoms with Gasteiger partial charge in [0.05, 0.1) is 24.3 Å². The second-order valence-electron chi connectivity index (χ2n) is 6.45. The summed E-state index contributed by atoms with van der Waals surface area (Å²) >= 11 is 0. The van der Waals surface area contributed by atoms with Gasteiger partial charge in [0.15, 0.2) is 0 Å². The number of rotatable bonds is 1. The van der Waals surface area contributed by atoms with Gasteiger partial charge in [-0.1, -0.05) is 0 Å². The van der Waals surface area contributed by atoms with Gasteiger partial charge >= 0.3 is 18.0 Å². The summed E-state index contributed by atoms with van der Waals surface area (Å²) in [6, 6.07) is 0.871. The normalized spacial score (nSPS) is 13.9. The maximum atomic E-state index is 12.7. The highest BCUT2D eigenvalue weighted by molar-refractivity contribution is 5.94. The van der Waals surface area contributed by atoms with Gasteiger partial charge in [0.1, 0.15) is 0 Å². The molecule has 0 atom stereocenters. The van der Waals surface area contributed by atoms with E-state index < -0.39 is 40.6 Å². The highest BCUT2D eigenvalue weighted by atomic mass is 19.4. The lowest BCUT2D eigenvalue weighted by molar-refractivity contribution is -0.143. The van der Waals surface area contributed by atoms with Crippen molar-refractivity contribution in [2.24, 2.45) is 0 Å². The molecule has 8 nitrogen and oxygen atoms in total. The Balaban J connectivity index is 0.000000412. The van der Waals surface area contributed by atoms with Crippen LogP contribution in [0.3, 0.4) is 0 Å². The molecule has 0 unspecified atom stereocenters. The van der Waals surface area contributed by atoms with Crippen molar-refractivity contribution in [3.63, 3.8) is 0 Å². The average Bonchev–Trinajstić information content (AvgIpc) is 2.77. The number of aliphatic hydroxyl groups excluding tert-OH is 1. The van der Waals surface area contributed by atoms with Crippen molar-refractivity contribution in [3.05, 3.63) is 67.5 Å². The van der Waals surface area contributed by atoms with E-state index in [9.17, 15) is 40.7 Å². The molecule has 1 aromatic heterocycles. The van der Waals surface area contributed by atoms with Gasteiger partial charge in [-0.15, -0.1) is 0 Å². The number of halogens is 6. The molecule has 2 aromatic rings. The topological polar surface area (TPSA) is 115 Å². The van der Waals surface area contributed by atoms with Crippen molar-refractivity contribution >= 4 is 5.91 Å². The number of aryl methyl sites for hydroxylation is 1. The van der Waals surface area contributed by atoms with Gasteiger partial charge < -0.3 is 19.7 Å². The van der Waals surface area contributed by atoms with Crippen molar-refractivity contribution in [3.8, 4) is 0 Å². The zero-order chi connectivity index (χ0) is 25.4. The quantitative estimate of drug-likeness (QED) is 0.536. The van der Waals surface area contributed by atoms with Crippen LogP contribution in [0.5, 0.6) is 0 Å². The minimum atomic E-state index is -4.97. The molecule has 0 spiro atoms. The highest BCUT2D eigenvalue weighted by Gasteiger charge is 2.38. The van der Waals surface area contributed by atoms with Crippen molar-refractivity contribution in [2.75, 3.05) is 33.4 Å². The van der Waals surface area contributed by atoms with E-state index >= 15 is 0 Å². The molecule has 33 heavy (non-hydrogen) atoms. The minimum absolute atomic E-state index is 0.00387. The molecule has 1 amide bonds. The Hall–Kier alpha value is -3.13. The average molecular weight is 485 g/mol. The third-order valence-corrected chi connectivity index (χ3v) is 4.14. The van der Waals surface area contributed by atoms with Crippen LogP contribution in [0.1, 0.15) is 27.0 Å². The summed E-state index contributed by atoms with van der Waals surface area (Å²) in [7, 11) is 1.00. The highest BCUT2D eigenvalue weighted by Crippen LogP contribution is 2.36. The number of benzene rings is 1. The maximum Gasteiger partial charge on any atom is 0.416 e. The molecule has 1 aromatic carbocycles. The molecule has 2 heterocycles. The number of amides is 1. The largest absolute Gasteiger partial charge is 0.416 e. The molecule has 0 saturated carbocycles. The minimum Gasteiger partial charge on any atom is -0.400 e. The number of hydrogen-bond donors (Lipinski definition) is 3. The molecular weight excluding hydrogens is 464 g/mol. The molecule has 0 bridgehead atoms. The molecule has 1 aliphatic rings. The molecule has 3 rings (SSSR count). The van der Waals surface area contributed by atoms with Crippen LogP contribution in [0.2, 0.25) is 0 Å². The molecule has 184 valence electrons. The first-order chi connectivity index (χ1) is 15.3. The summed E-state index contributed by atoms with van der Waals surface area (Å²) in [4.78, 5) is 38.6. The fraction of sp³-hybridized carbons (Fsp3) is 0.421. The zero-order valence-electron chi connectivity index (χ0n) is 17.4. The van der Waals surface area contributed by atoms with Crippen LogP contribution in [0.4, 0.5) is 26.3 Å². The summed E-state index contributed by atoms with van der Waals surface area (Å²) in [5.74, 6) is -0.875. The number of nitrogens with zero attached hydrogens (tertiary/aromatic N) is 1. The number of aromatic amines is 2. The zero-order valence-corrected chi connectivity index (χ0v) is 17.4. The SMILES string of the molecule is CO.Cc1c[nH]c(=O)[nH]c1=O.O=C(c1cc(C(F)(F)F)cc(C(F)(F)F)c1)N1CCOCC1. The van der Waals surface area contributed by atoms with Crippen molar-refractivity contribution in [2.45, 2.75) is 19.3 Å². The number of alkyl halides is 6. The smallest absolute Gasteiger partial charge is 0.400 e. The Bertz CT molecular complexity index is 1010. The number of ether oxygens (including phenoxy) is 1. The van der Waals surface area contributed by atoms with E-state index in [2.05, 4.69) is 9.97 Å².